The van der Waals surface area contributed by atoms with Gasteiger partial charge in [0.15, 0.2) is 5.60 Å². The molecule has 1 spiro atoms. The summed E-state index contributed by atoms with van der Waals surface area (Å²) in [6.07, 6.45) is 1.51. The lowest BCUT2D eigenvalue weighted by Gasteiger charge is -2.31. The number of benzene rings is 3. The van der Waals surface area contributed by atoms with Gasteiger partial charge in [-0.2, -0.15) is 0 Å². The Morgan fingerprint density at radius 1 is 1.09 bits per heavy atom. The zero-order chi connectivity index (χ0) is 31.9. The van der Waals surface area contributed by atoms with Crippen molar-refractivity contribution in [2.45, 2.75) is 69.1 Å². The lowest BCUT2D eigenvalue weighted by atomic mass is 9.82. The van der Waals surface area contributed by atoms with Crippen LogP contribution in [0, 0.1) is 5.92 Å². The number of aliphatic hydroxyl groups excluding tert-OH is 1. The van der Waals surface area contributed by atoms with Crippen LogP contribution in [0.25, 0.3) is 0 Å². The molecule has 6 rings (SSSR count). The molecule has 2 fully saturated rings. The Hall–Kier alpha value is -3.86. The van der Waals surface area contributed by atoms with Gasteiger partial charge in [0.1, 0.15) is 0 Å². The number of nitrogens with zero attached hydrogens (tertiary/aromatic N) is 3. The highest BCUT2D eigenvalue weighted by Crippen LogP contribution is 2.60. The monoisotopic (exact) mass is 629 g/mol. The van der Waals surface area contributed by atoms with Gasteiger partial charge in [0.05, 0.1) is 37.4 Å². The van der Waals surface area contributed by atoms with Crippen LogP contribution >= 0.6 is 0 Å². The Kier molecular flexibility index (Phi) is 8.40. The average molecular weight is 630 g/mol. The Morgan fingerprint density at radius 3 is 2.51 bits per heavy atom. The predicted molar refractivity (Wildman–Crippen MR) is 173 cm³/mol. The molecule has 2 saturated heterocycles. The van der Waals surface area contributed by atoms with Crippen molar-refractivity contribution in [2.24, 2.45) is 5.92 Å². The largest absolute Gasteiger partial charge is 0.394 e. The van der Waals surface area contributed by atoms with E-state index in [4.69, 9.17) is 4.74 Å². The molecule has 3 aliphatic heterocycles. The number of hydrogen-bond acceptors (Lipinski definition) is 5. The summed E-state index contributed by atoms with van der Waals surface area (Å²) in [6, 6.07) is 24.1. The van der Waals surface area contributed by atoms with E-state index in [1.807, 2.05) is 85.8 Å². The summed E-state index contributed by atoms with van der Waals surface area (Å²) >= 11 is 0. The van der Waals surface area contributed by atoms with Gasteiger partial charge in [-0.25, -0.2) is 0 Å². The van der Waals surface area contributed by atoms with Gasteiger partial charge in [-0.15, -0.1) is 0 Å². The van der Waals surface area contributed by atoms with Crippen LogP contribution in [0.4, 0.5) is 21.2 Å². The Morgan fingerprint density at radius 2 is 1.80 bits per heavy atom. The number of carbonyl (C=O) groups excluding carboxylic acids is 3. The Balaban J connectivity index is 1.33. The highest BCUT2D eigenvalue weighted by atomic mass is 28.4. The number of anilines is 3. The normalized spacial score (nSPS) is 26.0. The molecule has 10 heteroatoms. The summed E-state index contributed by atoms with van der Waals surface area (Å²) in [5.41, 5.74) is 1.56. The number of fused-ring (bicyclic) bond motifs is 2. The number of amides is 3. The second kappa shape index (κ2) is 12.1. The standard InChI is InChI=1S/C35H40FN3O5Si/c1-24-33(45(2,3)36)31(20-32(42)37-18-10-15-28(37)22-40)44-35(24)29-16-7-8-17-30(29)38(34(35)43)21-25-11-9-14-27(19-25)39(23-41)26-12-5-4-6-13-26/h4-9,11-14,16-17,19,23-24,28,31,33,40H,10,15,18,20-22H2,1-3H3/t24-,28-,31+,33-,35+/m0/s1. The molecule has 3 aromatic rings. The predicted octanol–water partition coefficient (Wildman–Crippen LogP) is 5.68. The van der Waals surface area contributed by atoms with Gasteiger partial charge >= 0.3 is 0 Å². The Bertz CT molecular complexity index is 1580. The maximum absolute atomic E-state index is 16.2. The van der Waals surface area contributed by atoms with Crippen molar-refractivity contribution < 1.29 is 28.3 Å². The van der Waals surface area contributed by atoms with Gasteiger partial charge in [-0.1, -0.05) is 55.5 Å². The number of ether oxygens (including phenoxy) is 1. The first-order valence-electron chi connectivity index (χ1n) is 15.7. The molecule has 3 aromatic carbocycles. The lowest BCUT2D eigenvalue weighted by Crippen LogP contribution is -2.45. The van der Waals surface area contributed by atoms with Crippen molar-refractivity contribution >= 4 is 43.7 Å². The quantitative estimate of drug-likeness (QED) is 0.187. The summed E-state index contributed by atoms with van der Waals surface area (Å²) in [4.78, 5) is 45.2. The van der Waals surface area contributed by atoms with Crippen LogP contribution in [0.15, 0.2) is 78.9 Å². The smallest absolute Gasteiger partial charge is 0.264 e. The number of halogens is 1. The van der Waals surface area contributed by atoms with E-state index in [2.05, 4.69) is 0 Å². The third-order valence-corrected chi connectivity index (χ3v) is 12.3. The van der Waals surface area contributed by atoms with E-state index in [1.165, 1.54) is 0 Å². The van der Waals surface area contributed by atoms with Gasteiger partial charge in [0.25, 0.3) is 5.91 Å². The van der Waals surface area contributed by atoms with Crippen LogP contribution in [0.3, 0.4) is 0 Å². The van der Waals surface area contributed by atoms with Crippen LogP contribution in [-0.2, 0) is 31.3 Å². The molecule has 3 aliphatic rings. The number of likely N-dealkylation sites (tertiary alicyclic amines) is 1. The number of aliphatic hydroxyl groups is 1. The molecule has 45 heavy (non-hydrogen) atoms. The summed E-state index contributed by atoms with van der Waals surface area (Å²) in [5.74, 6) is -0.957. The summed E-state index contributed by atoms with van der Waals surface area (Å²) in [6.45, 7) is 5.80. The van der Waals surface area contributed by atoms with Crippen molar-refractivity contribution in [1.82, 2.24) is 4.90 Å². The average Bonchev–Trinajstić information content (AvgIpc) is 3.69. The molecule has 3 heterocycles. The highest BCUT2D eigenvalue weighted by Gasteiger charge is 2.67. The highest BCUT2D eigenvalue weighted by molar-refractivity contribution is 6.72. The molecule has 0 unspecified atom stereocenters. The minimum Gasteiger partial charge on any atom is -0.394 e. The fourth-order valence-corrected chi connectivity index (χ4v) is 10.3. The van der Waals surface area contributed by atoms with Crippen molar-refractivity contribution in [3.05, 3.63) is 90.0 Å². The molecular formula is C35H40FN3O5Si. The summed E-state index contributed by atoms with van der Waals surface area (Å²) in [5, 5.41) is 9.80. The third kappa shape index (κ3) is 5.38. The number of carbonyl (C=O) groups is 3. The van der Waals surface area contributed by atoms with Crippen LogP contribution in [0.2, 0.25) is 18.6 Å². The van der Waals surface area contributed by atoms with Gasteiger partial charge in [-0.05, 0) is 61.8 Å². The van der Waals surface area contributed by atoms with Crippen LogP contribution in [-0.4, -0.2) is 61.9 Å². The first-order chi connectivity index (χ1) is 21.6. The Labute approximate surface area is 264 Å². The zero-order valence-electron chi connectivity index (χ0n) is 25.9. The SMILES string of the molecule is C[C@H]1[C@H]([Si](C)(C)F)[C@@H](CC(=O)N2CCC[C@H]2CO)O[C@]12C(=O)N(Cc1cccc(N(C=O)c3ccccc3)c1)c1ccccc12. The molecule has 0 aliphatic carbocycles. The first-order valence-corrected chi connectivity index (χ1v) is 18.6. The fourth-order valence-electron chi connectivity index (χ4n) is 7.85. The second-order valence-corrected chi connectivity index (χ2v) is 16.7. The number of para-hydroxylation sites is 2. The maximum Gasteiger partial charge on any atom is 0.264 e. The molecule has 0 aromatic heterocycles. The molecule has 0 radical (unpaired) electrons. The number of hydrogen-bond donors (Lipinski definition) is 1. The van der Waals surface area contributed by atoms with E-state index in [0.29, 0.717) is 23.5 Å². The first kappa shape index (κ1) is 31.1. The van der Waals surface area contributed by atoms with Crippen molar-refractivity contribution in [3.63, 3.8) is 0 Å². The fraction of sp³-hybridized carbons (Fsp3) is 0.400. The minimum atomic E-state index is -3.43. The topological polar surface area (TPSA) is 90.4 Å². The second-order valence-electron chi connectivity index (χ2n) is 12.9. The van der Waals surface area contributed by atoms with Crippen molar-refractivity contribution in [2.75, 3.05) is 23.0 Å². The van der Waals surface area contributed by atoms with Crippen LogP contribution in [0.5, 0.6) is 0 Å². The molecule has 1 N–H and O–H groups in total. The van der Waals surface area contributed by atoms with E-state index in [0.717, 1.165) is 30.5 Å². The van der Waals surface area contributed by atoms with Gasteiger partial charge < -0.3 is 23.8 Å². The van der Waals surface area contributed by atoms with E-state index in [-0.39, 0.29) is 37.4 Å². The molecule has 8 nitrogen and oxygen atoms in total. The lowest BCUT2D eigenvalue weighted by molar-refractivity contribution is -0.150. The number of rotatable bonds is 9. The molecule has 0 saturated carbocycles. The van der Waals surface area contributed by atoms with E-state index in [9.17, 15) is 19.5 Å². The van der Waals surface area contributed by atoms with Crippen LogP contribution < -0.4 is 9.80 Å². The molecule has 5 atom stereocenters. The van der Waals surface area contributed by atoms with E-state index in [1.54, 1.807) is 27.8 Å². The molecule has 0 bridgehead atoms. The third-order valence-electron chi connectivity index (χ3n) is 9.82. The van der Waals surface area contributed by atoms with E-state index < -0.39 is 31.6 Å². The summed E-state index contributed by atoms with van der Waals surface area (Å²) in [7, 11) is -3.43. The van der Waals surface area contributed by atoms with E-state index >= 15 is 4.11 Å². The minimum absolute atomic E-state index is 0.0356. The summed E-state index contributed by atoms with van der Waals surface area (Å²) < 4.78 is 22.9. The van der Waals surface area contributed by atoms with Crippen molar-refractivity contribution in [3.8, 4) is 0 Å². The van der Waals surface area contributed by atoms with Gasteiger partial charge in [0, 0.05) is 34.9 Å². The maximum atomic E-state index is 16.2. The van der Waals surface area contributed by atoms with Gasteiger partial charge in [-0.3, -0.25) is 19.3 Å². The molecule has 3 amide bonds. The van der Waals surface area contributed by atoms with Gasteiger partial charge in [0.2, 0.25) is 20.7 Å². The van der Waals surface area contributed by atoms with Crippen LogP contribution in [0.1, 0.15) is 37.3 Å². The zero-order valence-corrected chi connectivity index (χ0v) is 26.9. The molecule has 236 valence electrons. The molecular weight excluding hydrogens is 589 g/mol. The van der Waals surface area contributed by atoms with Crippen molar-refractivity contribution in [1.29, 1.82) is 0 Å².